The van der Waals surface area contributed by atoms with E-state index in [0.717, 1.165) is 17.8 Å². The molecule has 3 rings (SSSR count). The molecule has 0 aromatic heterocycles. The van der Waals surface area contributed by atoms with E-state index in [4.69, 9.17) is 11.6 Å². The molecule has 0 spiro atoms. The molecule has 0 unspecified atom stereocenters. The topological polar surface area (TPSA) is 32.7 Å². The maximum absolute atomic E-state index is 12.8. The van der Waals surface area contributed by atoms with Gasteiger partial charge in [-0.1, -0.05) is 38.1 Å². The highest BCUT2D eigenvalue weighted by molar-refractivity contribution is 6.18. The first-order chi connectivity index (χ1) is 12.8. The fourth-order valence-electron chi connectivity index (χ4n) is 3.64. The van der Waals surface area contributed by atoms with Crippen LogP contribution in [0.15, 0.2) is 35.0 Å². The Morgan fingerprint density at radius 1 is 1.15 bits per heavy atom. The van der Waals surface area contributed by atoms with Crippen LogP contribution in [0.5, 0.6) is 0 Å². The first kappa shape index (κ1) is 19.6. The second kappa shape index (κ2) is 7.85. The minimum absolute atomic E-state index is 0.0366. The summed E-state index contributed by atoms with van der Waals surface area (Å²) < 4.78 is 0. The van der Waals surface area contributed by atoms with Crippen molar-refractivity contribution in [1.29, 1.82) is 0 Å². The van der Waals surface area contributed by atoms with Crippen molar-refractivity contribution in [3.63, 3.8) is 0 Å². The van der Waals surface area contributed by atoms with E-state index in [1.807, 2.05) is 13.0 Å². The zero-order valence-electron chi connectivity index (χ0n) is 16.8. The summed E-state index contributed by atoms with van der Waals surface area (Å²) >= 11 is 5.78. The molecule has 0 saturated carbocycles. The van der Waals surface area contributed by atoms with Crippen LogP contribution in [-0.2, 0) is 4.79 Å². The molecule has 1 aliphatic heterocycles. The standard InChI is InChI=1S/C23H27ClN2O/c1-14(2)18-8-7-15(3)22-19(11-16(4)20(22)12-18)13-21-23(27)26(10-6-9-24)17(5)25-21/h7-8,11-14H,6,9-10H2,1-5H3/b21-13-. The average Bonchev–Trinajstić information content (AvgIpc) is 2.97. The van der Waals surface area contributed by atoms with Crippen LogP contribution in [0.2, 0.25) is 0 Å². The van der Waals surface area contributed by atoms with Gasteiger partial charge in [-0.2, -0.15) is 0 Å². The largest absolute Gasteiger partial charge is 0.295 e. The van der Waals surface area contributed by atoms with Crippen molar-refractivity contribution in [2.75, 3.05) is 12.4 Å². The van der Waals surface area contributed by atoms with E-state index < -0.39 is 0 Å². The Labute approximate surface area is 167 Å². The van der Waals surface area contributed by atoms with Gasteiger partial charge in [-0.25, -0.2) is 4.99 Å². The van der Waals surface area contributed by atoms with Gasteiger partial charge in [0.05, 0.1) is 0 Å². The van der Waals surface area contributed by atoms with E-state index in [1.54, 1.807) is 4.90 Å². The van der Waals surface area contributed by atoms with Gasteiger partial charge in [0.1, 0.15) is 11.5 Å². The van der Waals surface area contributed by atoms with Crippen LogP contribution < -0.4 is 0 Å². The predicted octanol–water partition coefficient (Wildman–Crippen LogP) is 5.76. The van der Waals surface area contributed by atoms with Crippen molar-refractivity contribution in [1.82, 2.24) is 4.90 Å². The van der Waals surface area contributed by atoms with E-state index in [0.29, 0.717) is 24.0 Å². The summed E-state index contributed by atoms with van der Waals surface area (Å²) in [5.74, 6) is 1.71. The zero-order chi connectivity index (χ0) is 19.7. The Morgan fingerprint density at radius 3 is 2.56 bits per heavy atom. The summed E-state index contributed by atoms with van der Waals surface area (Å²) in [5, 5.41) is 0. The van der Waals surface area contributed by atoms with Crippen molar-refractivity contribution < 1.29 is 4.79 Å². The van der Waals surface area contributed by atoms with E-state index in [9.17, 15) is 4.79 Å². The molecule has 0 aromatic carbocycles. The average molecular weight is 383 g/mol. The van der Waals surface area contributed by atoms with Gasteiger partial charge in [-0.3, -0.25) is 9.69 Å². The molecule has 142 valence electrons. The molecule has 27 heavy (non-hydrogen) atoms. The Morgan fingerprint density at radius 2 is 1.89 bits per heavy atom. The number of amides is 1. The monoisotopic (exact) mass is 382 g/mol. The number of carbonyl (C=O) groups is 1. The number of rotatable bonds is 5. The second-order valence-electron chi connectivity index (χ2n) is 7.57. The molecule has 3 nitrogen and oxygen atoms in total. The quantitative estimate of drug-likeness (QED) is 0.477. The van der Waals surface area contributed by atoms with Gasteiger partial charge < -0.3 is 0 Å². The van der Waals surface area contributed by atoms with Crippen molar-refractivity contribution in [2.24, 2.45) is 4.99 Å². The Bertz CT molecular complexity index is 911. The number of amidine groups is 1. The lowest BCUT2D eigenvalue weighted by Crippen LogP contribution is -2.31. The Hall–Kier alpha value is -2.13. The number of hydrogen-bond donors (Lipinski definition) is 0. The van der Waals surface area contributed by atoms with Crippen molar-refractivity contribution >= 4 is 29.4 Å². The molecule has 0 fully saturated rings. The zero-order valence-corrected chi connectivity index (χ0v) is 17.5. The molecule has 4 heteroatoms. The first-order valence-electron chi connectivity index (χ1n) is 9.52. The lowest BCUT2D eigenvalue weighted by Gasteiger charge is -2.14. The summed E-state index contributed by atoms with van der Waals surface area (Å²) in [5.41, 5.74) is 7.77. The highest BCUT2D eigenvalue weighted by Gasteiger charge is 2.27. The molecule has 0 radical (unpaired) electrons. The lowest BCUT2D eigenvalue weighted by atomic mass is 10.0. The number of nitrogens with zero attached hydrogens (tertiary/aromatic N) is 2. The maximum Gasteiger partial charge on any atom is 0.277 e. The SMILES string of the molecule is CC1=N/C(=C\c2cc(C)c3cc(C(C)C)ccc(C)c2-3)C(=O)N1CCCCl. The Balaban J connectivity index is 2.05. The molecule has 0 bridgehead atoms. The van der Waals surface area contributed by atoms with Crippen LogP contribution in [0, 0.1) is 13.8 Å². The van der Waals surface area contributed by atoms with Crippen LogP contribution >= 0.6 is 11.6 Å². The number of alkyl halides is 1. The summed E-state index contributed by atoms with van der Waals surface area (Å²) in [6.07, 6.45) is 2.70. The number of hydrogen-bond acceptors (Lipinski definition) is 2. The van der Waals surface area contributed by atoms with Gasteiger partial charge in [0.25, 0.3) is 5.91 Å². The number of aryl methyl sites for hydroxylation is 2. The van der Waals surface area contributed by atoms with Gasteiger partial charge in [0, 0.05) is 12.4 Å². The number of halogens is 1. The number of aliphatic imine (C=N–C) groups is 1. The van der Waals surface area contributed by atoms with E-state index in [1.165, 1.54) is 27.8 Å². The summed E-state index contributed by atoms with van der Waals surface area (Å²) in [4.78, 5) is 19.0. The summed E-state index contributed by atoms with van der Waals surface area (Å²) in [6, 6.07) is 8.82. The van der Waals surface area contributed by atoms with Crippen molar-refractivity contribution in [3.8, 4) is 11.1 Å². The third-order valence-corrected chi connectivity index (χ3v) is 5.46. The molecule has 3 aliphatic rings. The molecule has 0 aromatic rings. The van der Waals surface area contributed by atoms with Crippen molar-refractivity contribution in [3.05, 3.63) is 52.2 Å². The van der Waals surface area contributed by atoms with Crippen LogP contribution in [0.1, 0.15) is 55.4 Å². The predicted molar refractivity (Wildman–Crippen MR) is 115 cm³/mol. The highest BCUT2D eigenvalue weighted by atomic mass is 35.5. The fraction of sp³-hybridized carbons (Fsp3) is 0.391. The first-order valence-corrected chi connectivity index (χ1v) is 10.1. The minimum atomic E-state index is -0.0366. The van der Waals surface area contributed by atoms with Crippen LogP contribution in [-0.4, -0.2) is 29.1 Å². The van der Waals surface area contributed by atoms with Gasteiger partial charge >= 0.3 is 0 Å². The summed E-state index contributed by atoms with van der Waals surface area (Å²) in [7, 11) is 0. The molecular weight excluding hydrogens is 356 g/mol. The normalized spacial score (nSPS) is 16.1. The van der Waals surface area contributed by atoms with Gasteiger partial charge in [0.2, 0.25) is 0 Å². The minimum Gasteiger partial charge on any atom is -0.295 e. The molecule has 1 amide bonds. The third-order valence-electron chi connectivity index (χ3n) is 5.20. The van der Waals surface area contributed by atoms with Crippen LogP contribution in [0.4, 0.5) is 0 Å². The fourth-order valence-corrected chi connectivity index (χ4v) is 3.76. The molecule has 0 saturated heterocycles. The molecule has 0 N–H and O–H groups in total. The molecule has 1 heterocycles. The second-order valence-corrected chi connectivity index (χ2v) is 7.95. The molecule has 0 atom stereocenters. The van der Waals surface area contributed by atoms with Gasteiger partial charge in [0.15, 0.2) is 0 Å². The van der Waals surface area contributed by atoms with Crippen LogP contribution in [0.25, 0.3) is 17.2 Å². The highest BCUT2D eigenvalue weighted by Crippen LogP contribution is 2.37. The van der Waals surface area contributed by atoms with E-state index >= 15 is 0 Å². The van der Waals surface area contributed by atoms with Crippen molar-refractivity contribution in [2.45, 2.75) is 47.0 Å². The van der Waals surface area contributed by atoms with Gasteiger partial charge in [-0.05, 0) is 72.6 Å². The lowest BCUT2D eigenvalue weighted by molar-refractivity contribution is -0.122. The van der Waals surface area contributed by atoms with Crippen LogP contribution in [0.3, 0.4) is 0 Å². The van der Waals surface area contributed by atoms with E-state index in [-0.39, 0.29) is 5.91 Å². The molecular formula is C23H27ClN2O. The Kier molecular flexibility index (Phi) is 5.71. The van der Waals surface area contributed by atoms with Gasteiger partial charge in [-0.15, -0.1) is 11.6 Å². The smallest absolute Gasteiger partial charge is 0.277 e. The van der Waals surface area contributed by atoms with E-state index in [2.05, 4.69) is 57.0 Å². The third kappa shape index (κ3) is 3.79. The maximum atomic E-state index is 12.8. The molecule has 2 aliphatic carbocycles. The number of fused-ring (bicyclic) bond motifs is 1. The summed E-state index contributed by atoms with van der Waals surface area (Å²) in [6.45, 7) is 11.2. The number of carbonyl (C=O) groups excluding carboxylic acids is 1.